The SMILES string of the molecule is COCCC(NC(=O)NCC(=O)OC)C(=O)O. The van der Waals surface area contributed by atoms with Crippen molar-refractivity contribution < 1.29 is 29.0 Å². The van der Waals surface area contributed by atoms with Gasteiger partial charge >= 0.3 is 18.0 Å². The fraction of sp³-hybridized carbons (Fsp3) is 0.667. The van der Waals surface area contributed by atoms with Crippen LogP contribution in [0, 0.1) is 0 Å². The Labute approximate surface area is 98.3 Å². The van der Waals surface area contributed by atoms with Crippen LogP contribution in [0.15, 0.2) is 0 Å². The molecule has 8 heteroatoms. The van der Waals surface area contributed by atoms with Crippen LogP contribution in [0.2, 0.25) is 0 Å². The maximum absolute atomic E-state index is 11.2. The summed E-state index contributed by atoms with van der Waals surface area (Å²) < 4.78 is 9.01. The summed E-state index contributed by atoms with van der Waals surface area (Å²) in [5, 5.41) is 13.1. The first-order valence-electron chi connectivity index (χ1n) is 4.84. The van der Waals surface area contributed by atoms with Crippen LogP contribution in [0.5, 0.6) is 0 Å². The smallest absolute Gasteiger partial charge is 0.326 e. The Morgan fingerprint density at radius 2 is 1.94 bits per heavy atom. The van der Waals surface area contributed by atoms with Gasteiger partial charge in [-0.1, -0.05) is 0 Å². The first-order chi connectivity index (χ1) is 8.01. The van der Waals surface area contributed by atoms with Crippen LogP contribution in [-0.2, 0) is 19.1 Å². The Balaban J connectivity index is 4.03. The summed E-state index contributed by atoms with van der Waals surface area (Å²) in [7, 11) is 2.61. The first-order valence-corrected chi connectivity index (χ1v) is 4.84. The molecule has 0 fully saturated rings. The minimum Gasteiger partial charge on any atom is -0.480 e. The van der Waals surface area contributed by atoms with Crippen molar-refractivity contribution in [3.8, 4) is 0 Å². The molecule has 0 bridgehead atoms. The Bertz CT molecular complexity index is 281. The standard InChI is InChI=1S/C9H16N2O6/c1-16-4-3-6(8(13)14)11-9(15)10-5-7(12)17-2/h6H,3-5H2,1-2H3,(H,13,14)(H2,10,11,15). The van der Waals surface area contributed by atoms with Crippen molar-refractivity contribution in [1.29, 1.82) is 0 Å². The van der Waals surface area contributed by atoms with E-state index in [9.17, 15) is 14.4 Å². The van der Waals surface area contributed by atoms with Crippen LogP contribution in [0.1, 0.15) is 6.42 Å². The molecule has 8 nitrogen and oxygen atoms in total. The Kier molecular flexibility index (Phi) is 7.44. The molecule has 0 saturated carbocycles. The summed E-state index contributed by atoms with van der Waals surface area (Å²) in [5.74, 6) is -1.79. The second-order valence-corrected chi connectivity index (χ2v) is 3.08. The summed E-state index contributed by atoms with van der Waals surface area (Å²) in [6.07, 6.45) is 0.136. The average Bonchev–Trinajstić information content (AvgIpc) is 2.30. The van der Waals surface area contributed by atoms with E-state index in [1.54, 1.807) is 0 Å². The lowest BCUT2D eigenvalue weighted by atomic mass is 10.2. The number of esters is 1. The van der Waals surface area contributed by atoms with E-state index in [0.717, 1.165) is 0 Å². The number of methoxy groups -OCH3 is 2. The van der Waals surface area contributed by atoms with Gasteiger partial charge in [-0.05, 0) is 0 Å². The van der Waals surface area contributed by atoms with Crippen molar-refractivity contribution in [3.63, 3.8) is 0 Å². The van der Waals surface area contributed by atoms with Gasteiger partial charge in [-0.15, -0.1) is 0 Å². The van der Waals surface area contributed by atoms with E-state index < -0.39 is 24.0 Å². The van der Waals surface area contributed by atoms with Gasteiger partial charge in [-0.3, -0.25) is 4.79 Å². The fourth-order valence-corrected chi connectivity index (χ4v) is 0.927. The highest BCUT2D eigenvalue weighted by Crippen LogP contribution is 1.92. The van der Waals surface area contributed by atoms with Crippen molar-refractivity contribution >= 4 is 18.0 Å². The van der Waals surface area contributed by atoms with Crippen molar-refractivity contribution in [2.45, 2.75) is 12.5 Å². The number of carbonyl (C=O) groups is 3. The Morgan fingerprint density at radius 3 is 2.41 bits per heavy atom. The highest BCUT2D eigenvalue weighted by molar-refractivity contribution is 5.84. The van der Waals surface area contributed by atoms with E-state index in [0.29, 0.717) is 0 Å². The quantitative estimate of drug-likeness (QED) is 0.495. The molecule has 2 amide bonds. The molecule has 0 saturated heterocycles. The molecule has 3 N–H and O–H groups in total. The van der Waals surface area contributed by atoms with Crippen LogP contribution < -0.4 is 10.6 Å². The van der Waals surface area contributed by atoms with Gasteiger partial charge in [0.1, 0.15) is 12.6 Å². The normalized spacial score (nSPS) is 11.4. The van der Waals surface area contributed by atoms with Gasteiger partial charge in [0, 0.05) is 20.1 Å². The monoisotopic (exact) mass is 248 g/mol. The van der Waals surface area contributed by atoms with Gasteiger partial charge in [-0.25, -0.2) is 9.59 Å². The summed E-state index contributed by atoms with van der Waals surface area (Å²) in [6, 6.07) is -1.81. The molecule has 0 heterocycles. The molecule has 98 valence electrons. The predicted octanol–water partition coefficient (Wildman–Crippen LogP) is -1.05. The van der Waals surface area contributed by atoms with Crippen LogP contribution in [0.25, 0.3) is 0 Å². The second-order valence-electron chi connectivity index (χ2n) is 3.08. The molecule has 0 aromatic heterocycles. The van der Waals surface area contributed by atoms with Gasteiger partial charge in [0.25, 0.3) is 0 Å². The number of carboxylic acid groups (broad SMARTS) is 1. The topological polar surface area (TPSA) is 114 Å². The number of aliphatic carboxylic acids is 1. The number of hydrogen-bond acceptors (Lipinski definition) is 5. The molecule has 0 aromatic carbocycles. The number of rotatable bonds is 7. The fourth-order valence-electron chi connectivity index (χ4n) is 0.927. The minimum atomic E-state index is -1.17. The van der Waals surface area contributed by atoms with E-state index in [-0.39, 0.29) is 19.6 Å². The molecule has 1 atom stereocenters. The average molecular weight is 248 g/mol. The van der Waals surface area contributed by atoms with Gasteiger partial charge in [0.15, 0.2) is 0 Å². The van der Waals surface area contributed by atoms with Gasteiger partial charge in [0.05, 0.1) is 7.11 Å². The highest BCUT2D eigenvalue weighted by Gasteiger charge is 2.19. The van der Waals surface area contributed by atoms with Crippen molar-refractivity contribution in [3.05, 3.63) is 0 Å². The molecule has 17 heavy (non-hydrogen) atoms. The maximum Gasteiger partial charge on any atom is 0.326 e. The van der Waals surface area contributed by atoms with Crippen molar-refractivity contribution in [2.24, 2.45) is 0 Å². The van der Waals surface area contributed by atoms with Crippen LogP contribution in [0.3, 0.4) is 0 Å². The van der Waals surface area contributed by atoms with Gasteiger partial charge in [-0.2, -0.15) is 0 Å². The van der Waals surface area contributed by atoms with Crippen LogP contribution >= 0.6 is 0 Å². The molecule has 0 radical (unpaired) electrons. The number of carboxylic acids is 1. The third kappa shape index (κ3) is 7.12. The maximum atomic E-state index is 11.2. The molecule has 0 rings (SSSR count). The lowest BCUT2D eigenvalue weighted by Gasteiger charge is -2.14. The van der Waals surface area contributed by atoms with Gasteiger partial charge < -0.3 is 25.2 Å². The summed E-state index contributed by atoms with van der Waals surface area (Å²) in [6.45, 7) is -0.118. The van der Waals surface area contributed by atoms with E-state index >= 15 is 0 Å². The van der Waals surface area contributed by atoms with Gasteiger partial charge in [0.2, 0.25) is 0 Å². The third-order valence-corrected chi connectivity index (χ3v) is 1.84. The largest absolute Gasteiger partial charge is 0.480 e. The summed E-state index contributed by atoms with van der Waals surface area (Å²) in [5.41, 5.74) is 0. The Hall–Kier alpha value is -1.83. The number of carbonyl (C=O) groups excluding carboxylic acids is 2. The van der Waals surface area contributed by atoms with Crippen molar-refractivity contribution in [1.82, 2.24) is 10.6 Å². The van der Waals surface area contributed by atoms with E-state index in [2.05, 4.69) is 15.4 Å². The lowest BCUT2D eigenvalue weighted by molar-refractivity contribution is -0.140. The highest BCUT2D eigenvalue weighted by atomic mass is 16.5. The molecule has 0 aliphatic rings. The molecular formula is C9H16N2O6. The number of hydrogen-bond donors (Lipinski definition) is 3. The van der Waals surface area contributed by atoms with E-state index in [1.807, 2.05) is 0 Å². The van der Waals surface area contributed by atoms with Crippen molar-refractivity contribution in [2.75, 3.05) is 27.4 Å². The number of amides is 2. The number of urea groups is 1. The number of nitrogens with one attached hydrogen (secondary N) is 2. The third-order valence-electron chi connectivity index (χ3n) is 1.84. The zero-order valence-electron chi connectivity index (χ0n) is 9.69. The first kappa shape index (κ1) is 15.2. The molecule has 0 aliphatic heterocycles. The molecular weight excluding hydrogens is 232 g/mol. The van der Waals surface area contributed by atoms with Crippen LogP contribution in [0.4, 0.5) is 4.79 Å². The van der Waals surface area contributed by atoms with E-state index in [4.69, 9.17) is 9.84 Å². The predicted molar refractivity (Wildman–Crippen MR) is 56.5 cm³/mol. The lowest BCUT2D eigenvalue weighted by Crippen LogP contribution is -2.47. The Morgan fingerprint density at radius 1 is 1.29 bits per heavy atom. The molecule has 0 spiro atoms. The van der Waals surface area contributed by atoms with E-state index in [1.165, 1.54) is 14.2 Å². The minimum absolute atomic E-state index is 0.136. The van der Waals surface area contributed by atoms with Crippen LogP contribution in [-0.4, -0.2) is 56.5 Å². The zero-order valence-corrected chi connectivity index (χ0v) is 9.69. The second kappa shape index (κ2) is 8.34. The molecule has 0 aromatic rings. The summed E-state index contributed by atoms with van der Waals surface area (Å²) >= 11 is 0. The molecule has 1 unspecified atom stereocenters. The molecule has 0 aliphatic carbocycles. The summed E-state index contributed by atoms with van der Waals surface area (Å²) in [4.78, 5) is 32.7. The number of ether oxygens (including phenoxy) is 2. The zero-order chi connectivity index (χ0) is 13.3.